The molecule has 1 fully saturated rings. The van der Waals surface area contributed by atoms with Crippen LogP contribution in [-0.2, 0) is 14.8 Å². The number of carbonyl (C=O) groups is 1. The van der Waals surface area contributed by atoms with E-state index in [1.165, 1.54) is 18.4 Å². The summed E-state index contributed by atoms with van der Waals surface area (Å²) in [5.41, 5.74) is 3.05. The van der Waals surface area contributed by atoms with Gasteiger partial charge in [0.15, 0.2) is 0 Å². The molecule has 1 aliphatic heterocycles. The second-order valence-electron chi connectivity index (χ2n) is 8.00. The summed E-state index contributed by atoms with van der Waals surface area (Å²) in [4.78, 5) is 12.5. The molecule has 0 aromatic heterocycles. The average Bonchev–Trinajstić information content (AvgIpc) is 2.74. The molecular formula is C22H33N3O3S. The zero-order chi connectivity index (χ0) is 20.7. The molecule has 0 spiro atoms. The SMILES string of the molecule is Cc1ccc(S(=O)(=O)N2CCCCC2)cc1NCC(=O)NCCC1=CCCCC1. The third-order valence-electron chi connectivity index (χ3n) is 5.75. The Labute approximate surface area is 174 Å². The molecular weight excluding hydrogens is 386 g/mol. The van der Waals surface area contributed by atoms with E-state index in [2.05, 4.69) is 16.7 Å². The Morgan fingerprint density at radius 2 is 1.90 bits per heavy atom. The molecule has 0 bridgehead atoms. The highest BCUT2D eigenvalue weighted by molar-refractivity contribution is 7.89. The smallest absolute Gasteiger partial charge is 0.243 e. The van der Waals surface area contributed by atoms with Gasteiger partial charge in [-0.1, -0.05) is 24.1 Å². The highest BCUT2D eigenvalue weighted by Gasteiger charge is 2.26. The first-order valence-electron chi connectivity index (χ1n) is 10.8. The van der Waals surface area contributed by atoms with Crippen molar-refractivity contribution in [1.82, 2.24) is 9.62 Å². The Morgan fingerprint density at radius 1 is 1.10 bits per heavy atom. The van der Waals surface area contributed by atoms with Gasteiger partial charge in [-0.15, -0.1) is 0 Å². The molecule has 0 atom stereocenters. The van der Waals surface area contributed by atoms with E-state index < -0.39 is 10.0 Å². The molecule has 1 saturated heterocycles. The van der Waals surface area contributed by atoms with Crippen molar-refractivity contribution in [3.8, 4) is 0 Å². The Morgan fingerprint density at radius 3 is 2.62 bits per heavy atom. The lowest BCUT2D eigenvalue weighted by Crippen LogP contribution is -2.35. The lowest BCUT2D eigenvalue weighted by Gasteiger charge is -2.26. The summed E-state index contributed by atoms with van der Waals surface area (Å²) in [5.74, 6) is -0.0786. The number of piperidine rings is 1. The van der Waals surface area contributed by atoms with Crippen molar-refractivity contribution >= 4 is 21.6 Å². The minimum absolute atomic E-state index is 0.0786. The molecule has 7 heteroatoms. The summed E-state index contributed by atoms with van der Waals surface area (Å²) >= 11 is 0. The number of hydrogen-bond donors (Lipinski definition) is 2. The van der Waals surface area contributed by atoms with Crippen molar-refractivity contribution in [3.63, 3.8) is 0 Å². The molecule has 29 heavy (non-hydrogen) atoms. The van der Waals surface area contributed by atoms with Crippen LogP contribution in [0.2, 0.25) is 0 Å². The van der Waals surface area contributed by atoms with Crippen molar-refractivity contribution in [2.24, 2.45) is 0 Å². The number of aryl methyl sites for hydroxylation is 1. The van der Waals surface area contributed by atoms with Gasteiger partial charge in [0.25, 0.3) is 0 Å². The topological polar surface area (TPSA) is 78.5 Å². The first-order chi connectivity index (χ1) is 14.0. The molecule has 6 nitrogen and oxygen atoms in total. The predicted octanol–water partition coefficient (Wildman–Crippen LogP) is 3.59. The van der Waals surface area contributed by atoms with E-state index in [0.29, 0.717) is 25.3 Å². The fourth-order valence-electron chi connectivity index (χ4n) is 3.94. The fourth-order valence-corrected chi connectivity index (χ4v) is 5.48. The van der Waals surface area contributed by atoms with Crippen LogP contribution in [-0.4, -0.2) is 44.8 Å². The monoisotopic (exact) mass is 419 g/mol. The number of nitrogens with zero attached hydrogens (tertiary/aromatic N) is 1. The quantitative estimate of drug-likeness (QED) is 0.631. The van der Waals surface area contributed by atoms with Crippen LogP contribution in [0.15, 0.2) is 34.7 Å². The van der Waals surface area contributed by atoms with Gasteiger partial charge in [-0.25, -0.2) is 8.42 Å². The molecule has 1 amide bonds. The number of hydrogen-bond acceptors (Lipinski definition) is 4. The summed E-state index contributed by atoms with van der Waals surface area (Å²) in [6.07, 6.45) is 10.9. The largest absolute Gasteiger partial charge is 0.376 e. The molecule has 0 saturated carbocycles. The molecule has 0 radical (unpaired) electrons. The third kappa shape index (κ3) is 6.06. The maximum atomic E-state index is 12.9. The number of allylic oxidation sites excluding steroid dienone is 1. The van der Waals surface area contributed by atoms with Gasteiger partial charge in [0.05, 0.1) is 11.4 Å². The van der Waals surface area contributed by atoms with Crippen LogP contribution in [0.5, 0.6) is 0 Å². The maximum Gasteiger partial charge on any atom is 0.243 e. The Bertz CT molecular complexity index is 843. The van der Waals surface area contributed by atoms with E-state index in [9.17, 15) is 13.2 Å². The van der Waals surface area contributed by atoms with Crippen LogP contribution in [0, 0.1) is 6.92 Å². The summed E-state index contributed by atoms with van der Waals surface area (Å²) < 4.78 is 27.4. The van der Waals surface area contributed by atoms with Gasteiger partial charge >= 0.3 is 0 Å². The third-order valence-corrected chi connectivity index (χ3v) is 7.65. The average molecular weight is 420 g/mol. The first kappa shape index (κ1) is 21.8. The van der Waals surface area contributed by atoms with Crippen molar-refractivity contribution < 1.29 is 13.2 Å². The van der Waals surface area contributed by atoms with Gasteiger partial charge in [0.2, 0.25) is 15.9 Å². The van der Waals surface area contributed by atoms with Crippen LogP contribution in [0.1, 0.15) is 56.9 Å². The summed E-state index contributed by atoms with van der Waals surface area (Å²) in [7, 11) is -3.48. The van der Waals surface area contributed by atoms with Crippen LogP contribution >= 0.6 is 0 Å². The van der Waals surface area contributed by atoms with Crippen molar-refractivity contribution in [3.05, 3.63) is 35.4 Å². The summed E-state index contributed by atoms with van der Waals surface area (Å²) in [6.45, 7) is 3.85. The Kier molecular flexibility index (Phi) is 7.72. The van der Waals surface area contributed by atoms with Crippen LogP contribution < -0.4 is 10.6 Å². The van der Waals surface area contributed by atoms with Crippen molar-refractivity contribution in [2.45, 2.75) is 63.2 Å². The second-order valence-corrected chi connectivity index (χ2v) is 9.94. The minimum Gasteiger partial charge on any atom is -0.376 e. The zero-order valence-corrected chi connectivity index (χ0v) is 18.2. The predicted molar refractivity (Wildman–Crippen MR) is 116 cm³/mol. The molecule has 0 unspecified atom stereocenters. The second kappa shape index (κ2) is 10.3. The highest BCUT2D eigenvalue weighted by Crippen LogP contribution is 2.25. The highest BCUT2D eigenvalue weighted by atomic mass is 32.2. The van der Waals surface area contributed by atoms with E-state index >= 15 is 0 Å². The van der Waals surface area contributed by atoms with Gasteiger partial charge in [-0.2, -0.15) is 4.31 Å². The molecule has 1 aromatic rings. The lowest BCUT2D eigenvalue weighted by molar-refractivity contribution is -0.119. The van der Waals surface area contributed by atoms with E-state index in [-0.39, 0.29) is 17.3 Å². The number of rotatable bonds is 8. The number of benzene rings is 1. The van der Waals surface area contributed by atoms with Gasteiger partial charge in [0.1, 0.15) is 0 Å². The molecule has 2 N–H and O–H groups in total. The number of amides is 1. The van der Waals surface area contributed by atoms with Gasteiger partial charge in [0, 0.05) is 25.3 Å². The zero-order valence-electron chi connectivity index (χ0n) is 17.4. The first-order valence-corrected chi connectivity index (χ1v) is 12.2. The summed E-state index contributed by atoms with van der Waals surface area (Å²) in [5, 5.41) is 6.05. The molecule has 1 aromatic carbocycles. The number of nitrogens with one attached hydrogen (secondary N) is 2. The molecule has 2 aliphatic rings. The Balaban J connectivity index is 1.54. The van der Waals surface area contributed by atoms with Gasteiger partial charge < -0.3 is 10.6 Å². The van der Waals surface area contributed by atoms with Crippen LogP contribution in [0.3, 0.4) is 0 Å². The molecule has 1 heterocycles. The standard InChI is InChI=1S/C22H33N3O3S/c1-18-10-11-20(29(27,28)25-14-6-3-7-15-25)16-21(18)24-17-22(26)23-13-12-19-8-4-2-5-9-19/h8,10-11,16,24H,2-7,9,12-15,17H2,1H3,(H,23,26). The number of anilines is 1. The van der Waals surface area contributed by atoms with Crippen LogP contribution in [0.4, 0.5) is 5.69 Å². The molecule has 3 rings (SSSR count). The van der Waals surface area contributed by atoms with Crippen molar-refractivity contribution in [2.75, 3.05) is 31.5 Å². The molecule has 160 valence electrons. The van der Waals surface area contributed by atoms with E-state index in [0.717, 1.165) is 44.1 Å². The number of sulfonamides is 1. The number of carbonyl (C=O) groups excluding carboxylic acids is 1. The van der Waals surface area contributed by atoms with E-state index in [1.807, 2.05) is 6.92 Å². The normalized spacial score (nSPS) is 18.2. The van der Waals surface area contributed by atoms with Crippen molar-refractivity contribution in [1.29, 1.82) is 0 Å². The van der Waals surface area contributed by atoms with E-state index in [1.54, 1.807) is 22.5 Å². The maximum absolute atomic E-state index is 12.9. The van der Waals surface area contributed by atoms with Crippen LogP contribution in [0.25, 0.3) is 0 Å². The lowest BCUT2D eigenvalue weighted by atomic mass is 9.97. The Hall–Kier alpha value is -1.86. The minimum atomic E-state index is -3.48. The summed E-state index contributed by atoms with van der Waals surface area (Å²) in [6, 6.07) is 5.11. The molecule has 1 aliphatic carbocycles. The van der Waals surface area contributed by atoms with Gasteiger partial charge in [-0.05, 0) is 69.6 Å². The fraction of sp³-hybridized carbons (Fsp3) is 0.591. The van der Waals surface area contributed by atoms with Gasteiger partial charge in [-0.3, -0.25) is 4.79 Å². The van der Waals surface area contributed by atoms with E-state index in [4.69, 9.17) is 0 Å².